The molecule has 1 aliphatic rings. The second-order valence-electron chi connectivity index (χ2n) is 5.86. The normalized spacial score (nSPS) is 21.9. The van der Waals surface area contributed by atoms with E-state index >= 15 is 0 Å². The Morgan fingerprint density at radius 3 is 2.64 bits per heavy atom. The summed E-state index contributed by atoms with van der Waals surface area (Å²) in [5, 5.41) is -0.796. The molecule has 0 aliphatic carbocycles. The second-order valence-corrected chi connectivity index (χ2v) is 8.09. The second kappa shape index (κ2) is 6.76. The van der Waals surface area contributed by atoms with E-state index in [1.54, 1.807) is 24.5 Å². The van der Waals surface area contributed by atoms with Crippen molar-refractivity contribution in [3.8, 4) is 0 Å². The third kappa shape index (κ3) is 3.85. The van der Waals surface area contributed by atoms with Gasteiger partial charge < -0.3 is 4.74 Å². The minimum Gasteiger partial charge on any atom is -0.373 e. The lowest BCUT2D eigenvalue weighted by Gasteiger charge is -2.29. The maximum Gasteiger partial charge on any atom is 0.416 e. The number of hydrogen-bond donors (Lipinski definition) is 0. The largest absolute Gasteiger partial charge is 0.416 e. The third-order valence-electron chi connectivity index (χ3n) is 4.22. The highest BCUT2D eigenvalue weighted by Crippen LogP contribution is 2.35. The zero-order valence-electron chi connectivity index (χ0n) is 13.1. The van der Waals surface area contributed by atoms with Crippen molar-refractivity contribution in [2.75, 3.05) is 6.61 Å². The summed E-state index contributed by atoms with van der Waals surface area (Å²) in [6.07, 6.45) is -1.39. The van der Waals surface area contributed by atoms with Crippen LogP contribution in [-0.4, -0.2) is 25.3 Å². The van der Waals surface area contributed by atoms with Gasteiger partial charge in [-0.25, -0.2) is 8.42 Å². The molecule has 134 valence electrons. The molecule has 25 heavy (non-hydrogen) atoms. The van der Waals surface area contributed by atoms with E-state index in [0.717, 1.165) is 17.7 Å². The molecule has 2 atom stereocenters. The van der Waals surface area contributed by atoms with Crippen molar-refractivity contribution in [2.45, 2.75) is 35.3 Å². The quantitative estimate of drug-likeness (QED) is 0.824. The molecule has 0 amide bonds. The first-order chi connectivity index (χ1) is 11.8. The van der Waals surface area contributed by atoms with E-state index in [-0.39, 0.29) is 24.3 Å². The molecule has 8 heteroatoms. The average molecular weight is 371 g/mol. The maximum absolute atomic E-state index is 12.9. The molecule has 2 heterocycles. The summed E-state index contributed by atoms with van der Waals surface area (Å²) >= 11 is 0. The standard InChI is InChI=1S/C17H16F3NO3S/c18-17(19,20)13-4-1-5-14(9-13)25(22,23)15-6-8-24-16(10-15)12-3-2-7-21-11-12/h1-5,7,9,11,15-16H,6,8,10H2. The number of ether oxygens (including phenoxy) is 1. The molecule has 1 fully saturated rings. The first-order valence-electron chi connectivity index (χ1n) is 7.71. The van der Waals surface area contributed by atoms with Crippen LogP contribution in [0.5, 0.6) is 0 Å². The van der Waals surface area contributed by atoms with Crippen LogP contribution < -0.4 is 0 Å². The van der Waals surface area contributed by atoms with Gasteiger partial charge in [-0.2, -0.15) is 13.2 Å². The van der Waals surface area contributed by atoms with Gasteiger partial charge in [0.15, 0.2) is 9.84 Å². The number of benzene rings is 1. The number of halogens is 3. The van der Waals surface area contributed by atoms with Gasteiger partial charge in [0.1, 0.15) is 0 Å². The van der Waals surface area contributed by atoms with Crippen LogP contribution in [0.2, 0.25) is 0 Å². The van der Waals surface area contributed by atoms with Gasteiger partial charge in [0.05, 0.1) is 21.8 Å². The van der Waals surface area contributed by atoms with Crippen LogP contribution >= 0.6 is 0 Å². The predicted octanol–water partition coefficient (Wildman–Crippen LogP) is 3.79. The summed E-state index contributed by atoms with van der Waals surface area (Å²) in [6, 6.07) is 7.40. The fourth-order valence-electron chi connectivity index (χ4n) is 2.89. The lowest BCUT2D eigenvalue weighted by Crippen LogP contribution is -2.31. The van der Waals surface area contributed by atoms with Crippen LogP contribution in [0.3, 0.4) is 0 Å². The van der Waals surface area contributed by atoms with Crippen molar-refractivity contribution in [3.05, 3.63) is 59.9 Å². The smallest absolute Gasteiger partial charge is 0.373 e. The molecular weight excluding hydrogens is 355 g/mol. The number of alkyl halides is 3. The summed E-state index contributed by atoms with van der Waals surface area (Å²) in [5.41, 5.74) is -0.212. The Morgan fingerprint density at radius 2 is 1.96 bits per heavy atom. The summed E-state index contributed by atoms with van der Waals surface area (Å²) in [7, 11) is -3.89. The van der Waals surface area contributed by atoms with E-state index in [0.29, 0.717) is 6.07 Å². The molecule has 4 nitrogen and oxygen atoms in total. The molecule has 1 aromatic carbocycles. The van der Waals surface area contributed by atoms with E-state index in [1.807, 2.05) is 0 Å². The Hall–Kier alpha value is -1.93. The Bertz CT molecular complexity index is 838. The number of hydrogen-bond acceptors (Lipinski definition) is 4. The average Bonchev–Trinajstić information content (AvgIpc) is 2.62. The molecule has 0 radical (unpaired) electrons. The van der Waals surface area contributed by atoms with Crippen molar-refractivity contribution in [1.82, 2.24) is 4.98 Å². The molecule has 3 rings (SSSR count). The van der Waals surface area contributed by atoms with Gasteiger partial charge in [0.25, 0.3) is 0 Å². The molecule has 0 saturated carbocycles. The van der Waals surface area contributed by atoms with Gasteiger partial charge in [-0.05, 0) is 42.7 Å². The first-order valence-corrected chi connectivity index (χ1v) is 9.26. The van der Waals surface area contributed by atoms with Crippen molar-refractivity contribution in [1.29, 1.82) is 0 Å². The highest BCUT2D eigenvalue weighted by molar-refractivity contribution is 7.92. The predicted molar refractivity (Wildman–Crippen MR) is 84.6 cm³/mol. The molecule has 0 bridgehead atoms. The molecule has 2 aromatic rings. The van der Waals surface area contributed by atoms with Crippen LogP contribution in [0.1, 0.15) is 30.1 Å². The van der Waals surface area contributed by atoms with Crippen LogP contribution in [0, 0.1) is 0 Å². The van der Waals surface area contributed by atoms with Crippen LogP contribution in [0.4, 0.5) is 13.2 Å². The summed E-state index contributed by atoms with van der Waals surface area (Å²) < 4.78 is 69.8. The summed E-state index contributed by atoms with van der Waals surface area (Å²) in [6.45, 7) is 0.225. The van der Waals surface area contributed by atoms with Crippen LogP contribution in [-0.2, 0) is 20.8 Å². The zero-order valence-corrected chi connectivity index (χ0v) is 13.9. The summed E-state index contributed by atoms with van der Waals surface area (Å²) in [4.78, 5) is 3.68. The minimum absolute atomic E-state index is 0.185. The number of pyridine rings is 1. The number of sulfone groups is 1. The summed E-state index contributed by atoms with van der Waals surface area (Å²) in [5.74, 6) is 0. The zero-order chi connectivity index (χ0) is 18.1. The van der Waals surface area contributed by atoms with E-state index < -0.39 is 32.9 Å². The van der Waals surface area contributed by atoms with Crippen LogP contribution in [0.25, 0.3) is 0 Å². The molecule has 0 spiro atoms. The topological polar surface area (TPSA) is 56.3 Å². The number of aromatic nitrogens is 1. The Balaban J connectivity index is 1.87. The van der Waals surface area contributed by atoms with Gasteiger partial charge in [-0.3, -0.25) is 4.98 Å². The molecule has 1 saturated heterocycles. The fraction of sp³-hybridized carbons (Fsp3) is 0.353. The van der Waals surface area contributed by atoms with E-state index in [2.05, 4.69) is 4.98 Å². The molecule has 0 N–H and O–H groups in total. The monoisotopic (exact) mass is 371 g/mol. The Morgan fingerprint density at radius 1 is 1.16 bits per heavy atom. The molecular formula is C17H16F3NO3S. The van der Waals surface area contributed by atoms with Gasteiger partial charge in [0.2, 0.25) is 0 Å². The van der Waals surface area contributed by atoms with E-state index in [9.17, 15) is 21.6 Å². The van der Waals surface area contributed by atoms with E-state index in [1.165, 1.54) is 6.07 Å². The molecule has 1 aromatic heterocycles. The highest BCUT2D eigenvalue weighted by atomic mass is 32.2. The van der Waals surface area contributed by atoms with Crippen molar-refractivity contribution < 1.29 is 26.3 Å². The van der Waals surface area contributed by atoms with Gasteiger partial charge in [-0.1, -0.05) is 12.1 Å². The van der Waals surface area contributed by atoms with Gasteiger partial charge >= 0.3 is 6.18 Å². The molecule has 2 unspecified atom stereocenters. The number of rotatable bonds is 3. The fourth-order valence-corrected chi connectivity index (χ4v) is 4.67. The maximum atomic E-state index is 12.9. The van der Waals surface area contributed by atoms with E-state index in [4.69, 9.17) is 4.74 Å². The molecule has 1 aliphatic heterocycles. The van der Waals surface area contributed by atoms with Crippen molar-refractivity contribution in [2.24, 2.45) is 0 Å². The minimum atomic E-state index is -4.58. The number of nitrogens with zero attached hydrogens (tertiary/aromatic N) is 1. The Labute approximate surface area is 143 Å². The highest BCUT2D eigenvalue weighted by Gasteiger charge is 2.36. The lowest BCUT2D eigenvalue weighted by atomic mass is 10.0. The van der Waals surface area contributed by atoms with Gasteiger partial charge in [-0.15, -0.1) is 0 Å². The third-order valence-corrected chi connectivity index (χ3v) is 6.44. The first kappa shape index (κ1) is 17.9. The SMILES string of the molecule is O=S(=O)(c1cccc(C(F)(F)F)c1)C1CCOC(c2cccnc2)C1. The Kier molecular flexibility index (Phi) is 4.83. The van der Waals surface area contributed by atoms with Crippen molar-refractivity contribution >= 4 is 9.84 Å². The van der Waals surface area contributed by atoms with Gasteiger partial charge in [0, 0.05) is 19.0 Å². The lowest BCUT2D eigenvalue weighted by molar-refractivity contribution is -0.137. The van der Waals surface area contributed by atoms with Crippen molar-refractivity contribution in [3.63, 3.8) is 0 Å². The van der Waals surface area contributed by atoms with Crippen LogP contribution in [0.15, 0.2) is 53.7 Å².